The Morgan fingerprint density at radius 3 is 2.78 bits per heavy atom. The van der Waals surface area contributed by atoms with Gasteiger partial charge in [0.05, 0.1) is 11.8 Å². The minimum absolute atomic E-state index is 0.146. The monoisotopic (exact) mass is 270 g/mol. The molecule has 1 atom stereocenters. The Labute approximate surface area is 110 Å². The molecule has 0 saturated carbocycles. The van der Waals surface area contributed by atoms with E-state index in [-0.39, 0.29) is 17.7 Å². The molecule has 1 unspecified atom stereocenters. The summed E-state index contributed by atoms with van der Waals surface area (Å²) in [7, 11) is 0. The summed E-state index contributed by atoms with van der Waals surface area (Å²) in [6, 6.07) is 0. The predicted octanol–water partition coefficient (Wildman–Crippen LogP) is 1.02. The molecular formula is C11H18N4O2S. The number of amides is 1. The molecule has 0 aliphatic carbocycles. The Hall–Kier alpha value is -1.08. The number of rotatable bonds is 4. The summed E-state index contributed by atoms with van der Waals surface area (Å²) in [4.78, 5) is 14.1. The van der Waals surface area contributed by atoms with Gasteiger partial charge in [0.25, 0.3) is 5.22 Å². The SMILES string of the molecule is CC(Sc1nnc(CN)o1)C(=O)N1CCCCC1. The number of nitrogens with zero attached hydrogens (tertiary/aromatic N) is 3. The Kier molecular flexibility index (Phi) is 4.60. The van der Waals surface area contributed by atoms with Crippen LogP contribution in [0.1, 0.15) is 32.1 Å². The maximum absolute atomic E-state index is 12.2. The van der Waals surface area contributed by atoms with Gasteiger partial charge < -0.3 is 15.1 Å². The van der Waals surface area contributed by atoms with Crippen LogP contribution in [0.3, 0.4) is 0 Å². The second kappa shape index (κ2) is 6.19. The number of carbonyl (C=O) groups excluding carboxylic acids is 1. The summed E-state index contributed by atoms with van der Waals surface area (Å²) < 4.78 is 5.29. The molecule has 1 saturated heterocycles. The van der Waals surface area contributed by atoms with E-state index in [1.54, 1.807) is 0 Å². The van der Waals surface area contributed by atoms with Crippen LogP contribution in [-0.4, -0.2) is 39.3 Å². The van der Waals surface area contributed by atoms with Crippen LogP contribution in [0.2, 0.25) is 0 Å². The second-order valence-electron chi connectivity index (χ2n) is 4.31. The molecule has 7 heteroatoms. The Morgan fingerprint density at radius 1 is 1.44 bits per heavy atom. The van der Waals surface area contributed by atoms with Crippen LogP contribution in [0.15, 0.2) is 9.64 Å². The van der Waals surface area contributed by atoms with E-state index in [4.69, 9.17) is 10.2 Å². The van der Waals surface area contributed by atoms with Gasteiger partial charge in [-0.25, -0.2) is 0 Å². The lowest BCUT2D eigenvalue weighted by molar-refractivity contribution is -0.131. The Morgan fingerprint density at radius 2 is 2.17 bits per heavy atom. The topological polar surface area (TPSA) is 85.2 Å². The zero-order chi connectivity index (χ0) is 13.0. The molecular weight excluding hydrogens is 252 g/mol. The van der Waals surface area contributed by atoms with Crippen molar-refractivity contribution in [2.75, 3.05) is 13.1 Å². The molecule has 6 nitrogen and oxygen atoms in total. The molecule has 100 valence electrons. The molecule has 1 fully saturated rings. The van der Waals surface area contributed by atoms with Crippen molar-refractivity contribution in [2.24, 2.45) is 5.73 Å². The van der Waals surface area contributed by atoms with E-state index >= 15 is 0 Å². The fourth-order valence-corrected chi connectivity index (χ4v) is 2.73. The van der Waals surface area contributed by atoms with Crippen LogP contribution >= 0.6 is 11.8 Å². The van der Waals surface area contributed by atoms with Crippen LogP contribution in [0.4, 0.5) is 0 Å². The van der Waals surface area contributed by atoms with Gasteiger partial charge in [0.1, 0.15) is 0 Å². The van der Waals surface area contributed by atoms with Gasteiger partial charge in [-0.15, -0.1) is 10.2 Å². The number of thioether (sulfide) groups is 1. The second-order valence-corrected chi connectivity index (χ2v) is 5.60. The summed E-state index contributed by atoms with van der Waals surface area (Å²) in [6.07, 6.45) is 3.41. The maximum atomic E-state index is 12.2. The largest absolute Gasteiger partial charge is 0.415 e. The van der Waals surface area contributed by atoms with Crippen LogP contribution in [-0.2, 0) is 11.3 Å². The normalized spacial score (nSPS) is 17.8. The molecule has 0 radical (unpaired) electrons. The van der Waals surface area contributed by atoms with Crippen molar-refractivity contribution in [3.63, 3.8) is 0 Å². The first kappa shape index (κ1) is 13.4. The highest BCUT2D eigenvalue weighted by Crippen LogP contribution is 2.24. The van der Waals surface area contributed by atoms with Crippen LogP contribution in [0.5, 0.6) is 0 Å². The van der Waals surface area contributed by atoms with Gasteiger partial charge in [-0.05, 0) is 26.2 Å². The lowest BCUT2D eigenvalue weighted by Crippen LogP contribution is -2.40. The lowest BCUT2D eigenvalue weighted by atomic mass is 10.1. The van der Waals surface area contributed by atoms with E-state index in [0.29, 0.717) is 11.1 Å². The van der Waals surface area contributed by atoms with Crippen molar-refractivity contribution >= 4 is 17.7 Å². The molecule has 0 aromatic carbocycles. The highest BCUT2D eigenvalue weighted by atomic mass is 32.2. The van der Waals surface area contributed by atoms with Crippen molar-refractivity contribution in [1.29, 1.82) is 0 Å². The minimum Gasteiger partial charge on any atom is -0.415 e. The first-order valence-corrected chi connectivity index (χ1v) is 7.06. The molecule has 1 aliphatic heterocycles. The van der Waals surface area contributed by atoms with E-state index in [1.165, 1.54) is 18.2 Å². The quantitative estimate of drug-likeness (QED) is 0.822. The summed E-state index contributed by atoms with van der Waals surface area (Å²) >= 11 is 1.29. The molecule has 1 aromatic heterocycles. The van der Waals surface area contributed by atoms with Gasteiger partial charge in [0.15, 0.2) is 0 Å². The zero-order valence-electron chi connectivity index (χ0n) is 10.5. The Balaban J connectivity index is 1.89. The van der Waals surface area contributed by atoms with E-state index in [9.17, 15) is 4.79 Å². The highest BCUT2D eigenvalue weighted by molar-refractivity contribution is 8.00. The van der Waals surface area contributed by atoms with E-state index in [2.05, 4.69) is 10.2 Å². The standard InChI is InChI=1S/C11H18N4O2S/c1-8(10(16)15-5-3-2-4-6-15)18-11-14-13-9(7-12)17-11/h8H,2-7,12H2,1H3. The van der Waals surface area contributed by atoms with Crippen molar-refractivity contribution in [2.45, 2.75) is 43.2 Å². The lowest BCUT2D eigenvalue weighted by Gasteiger charge is -2.28. The summed E-state index contributed by atoms with van der Waals surface area (Å²) in [6.45, 7) is 3.82. The summed E-state index contributed by atoms with van der Waals surface area (Å²) in [5, 5.41) is 7.83. The van der Waals surface area contributed by atoms with Gasteiger partial charge in [0, 0.05) is 13.1 Å². The Bertz CT molecular complexity index is 404. The molecule has 2 heterocycles. The van der Waals surface area contributed by atoms with Crippen molar-refractivity contribution in [3.05, 3.63) is 5.89 Å². The summed E-state index contributed by atoms with van der Waals surface area (Å²) in [5.41, 5.74) is 5.39. The van der Waals surface area contributed by atoms with Crippen molar-refractivity contribution in [1.82, 2.24) is 15.1 Å². The number of hydrogen-bond donors (Lipinski definition) is 1. The molecule has 1 aliphatic rings. The number of carbonyl (C=O) groups is 1. The third kappa shape index (κ3) is 3.23. The number of likely N-dealkylation sites (tertiary alicyclic amines) is 1. The average Bonchev–Trinajstić information content (AvgIpc) is 2.86. The van der Waals surface area contributed by atoms with Gasteiger partial charge in [-0.3, -0.25) is 4.79 Å². The summed E-state index contributed by atoms with van der Waals surface area (Å²) in [5.74, 6) is 0.544. The van der Waals surface area contributed by atoms with E-state index in [0.717, 1.165) is 25.9 Å². The molecule has 1 aromatic rings. The molecule has 0 bridgehead atoms. The molecule has 1 amide bonds. The van der Waals surface area contributed by atoms with E-state index < -0.39 is 0 Å². The average molecular weight is 270 g/mol. The highest BCUT2D eigenvalue weighted by Gasteiger charge is 2.24. The van der Waals surface area contributed by atoms with Crippen LogP contribution in [0.25, 0.3) is 0 Å². The van der Waals surface area contributed by atoms with Gasteiger partial charge >= 0.3 is 0 Å². The maximum Gasteiger partial charge on any atom is 0.277 e. The van der Waals surface area contributed by atoms with Crippen molar-refractivity contribution < 1.29 is 9.21 Å². The minimum atomic E-state index is -0.200. The number of nitrogens with two attached hydrogens (primary N) is 1. The third-order valence-corrected chi connectivity index (χ3v) is 3.84. The predicted molar refractivity (Wildman–Crippen MR) is 67.9 cm³/mol. The third-order valence-electron chi connectivity index (χ3n) is 2.92. The molecule has 2 rings (SSSR count). The molecule has 0 spiro atoms. The molecule has 18 heavy (non-hydrogen) atoms. The number of piperidine rings is 1. The molecule has 2 N–H and O–H groups in total. The van der Waals surface area contributed by atoms with Crippen LogP contribution < -0.4 is 5.73 Å². The van der Waals surface area contributed by atoms with Crippen LogP contribution in [0, 0.1) is 0 Å². The fraction of sp³-hybridized carbons (Fsp3) is 0.727. The van der Waals surface area contributed by atoms with Gasteiger partial charge in [0.2, 0.25) is 11.8 Å². The first-order valence-electron chi connectivity index (χ1n) is 6.18. The smallest absolute Gasteiger partial charge is 0.277 e. The van der Waals surface area contributed by atoms with Gasteiger partial charge in [-0.1, -0.05) is 11.8 Å². The number of hydrogen-bond acceptors (Lipinski definition) is 6. The zero-order valence-corrected chi connectivity index (χ0v) is 11.3. The van der Waals surface area contributed by atoms with E-state index in [1.807, 2.05) is 11.8 Å². The van der Waals surface area contributed by atoms with Gasteiger partial charge in [-0.2, -0.15) is 0 Å². The van der Waals surface area contributed by atoms with Crippen molar-refractivity contribution in [3.8, 4) is 0 Å². The number of aromatic nitrogens is 2. The fourth-order valence-electron chi connectivity index (χ4n) is 1.94. The first-order chi connectivity index (χ1) is 8.70.